The third kappa shape index (κ3) is 5.43. The predicted octanol–water partition coefficient (Wildman–Crippen LogP) is 3.62. The summed E-state index contributed by atoms with van der Waals surface area (Å²) >= 11 is 13.1. The van der Waals surface area contributed by atoms with Crippen LogP contribution in [0.2, 0.25) is 10.0 Å². The molecule has 2 fully saturated rings. The second-order valence-electron chi connectivity index (χ2n) is 9.88. The Kier molecular flexibility index (Phi) is 8.10. The van der Waals surface area contributed by atoms with Gasteiger partial charge in [0, 0.05) is 54.4 Å². The summed E-state index contributed by atoms with van der Waals surface area (Å²) in [5.74, 6) is 0.231. The Balaban J connectivity index is 1.38. The number of halogens is 2. The van der Waals surface area contributed by atoms with Crippen LogP contribution in [0, 0.1) is 12.3 Å². The van der Waals surface area contributed by atoms with Gasteiger partial charge in [0.1, 0.15) is 28.8 Å². The largest absolute Gasteiger partial charge is 0.487 e. The zero-order chi connectivity index (χ0) is 28.6. The molecule has 2 aromatic carbocycles. The summed E-state index contributed by atoms with van der Waals surface area (Å²) in [6, 6.07) is 11.5. The van der Waals surface area contributed by atoms with E-state index in [4.69, 9.17) is 39.1 Å². The van der Waals surface area contributed by atoms with E-state index in [1.165, 1.54) is 16.4 Å². The number of amides is 1. The number of guanidine groups is 1. The molecule has 40 heavy (non-hydrogen) atoms. The van der Waals surface area contributed by atoms with E-state index in [1.54, 1.807) is 15.9 Å². The van der Waals surface area contributed by atoms with Gasteiger partial charge >= 0.3 is 0 Å². The lowest BCUT2D eigenvalue weighted by molar-refractivity contribution is -0.135. The first-order valence-corrected chi connectivity index (χ1v) is 15.1. The summed E-state index contributed by atoms with van der Waals surface area (Å²) in [5.41, 5.74) is 7.41. The van der Waals surface area contributed by atoms with Gasteiger partial charge in [-0.15, -0.1) is 0 Å². The molecule has 212 valence electrons. The Bertz CT molecular complexity index is 1580. The van der Waals surface area contributed by atoms with Crippen LogP contribution in [-0.4, -0.2) is 78.1 Å². The molecule has 10 nitrogen and oxygen atoms in total. The lowest BCUT2D eigenvalue weighted by Crippen LogP contribution is -2.56. The van der Waals surface area contributed by atoms with Crippen molar-refractivity contribution in [2.75, 3.05) is 32.7 Å². The first-order valence-electron chi connectivity index (χ1n) is 12.9. The van der Waals surface area contributed by atoms with Gasteiger partial charge in [-0.2, -0.15) is 4.31 Å². The molecule has 0 radical (unpaired) electrons. The minimum absolute atomic E-state index is 0.0370. The van der Waals surface area contributed by atoms with Crippen LogP contribution >= 0.6 is 23.2 Å². The SMILES string of the molecule is Cc1ccc2cccc(OCc3c(Cl)ccc(S(=O)(=O)N4CCC[C@H]4C(=O)N4CCN(C(=N)N)CC4)c3Cl)c2n1. The van der Waals surface area contributed by atoms with E-state index >= 15 is 0 Å². The minimum atomic E-state index is -4.13. The van der Waals surface area contributed by atoms with Crippen molar-refractivity contribution in [1.82, 2.24) is 19.1 Å². The van der Waals surface area contributed by atoms with Crippen LogP contribution in [0.5, 0.6) is 5.75 Å². The lowest BCUT2D eigenvalue weighted by atomic mass is 10.2. The average Bonchev–Trinajstić information content (AvgIpc) is 3.44. The Morgan fingerprint density at radius 3 is 2.52 bits per heavy atom. The van der Waals surface area contributed by atoms with Crippen molar-refractivity contribution in [1.29, 1.82) is 5.41 Å². The molecule has 1 aromatic heterocycles. The molecule has 2 aliphatic heterocycles. The first kappa shape index (κ1) is 28.4. The third-order valence-electron chi connectivity index (χ3n) is 7.35. The quantitative estimate of drug-likeness (QED) is 0.324. The molecule has 3 heterocycles. The number of aromatic nitrogens is 1. The topological polar surface area (TPSA) is 133 Å². The van der Waals surface area contributed by atoms with Gasteiger partial charge in [0.15, 0.2) is 5.96 Å². The second kappa shape index (κ2) is 11.4. The highest BCUT2D eigenvalue weighted by Gasteiger charge is 2.42. The molecule has 13 heteroatoms. The standard InChI is InChI=1S/C27H30Cl2N6O4S/c1-17-7-8-18-4-2-6-22(25(18)32-17)39-16-19-20(28)9-10-23(24(19)29)40(37,38)35-11-3-5-21(35)26(36)33-12-14-34(15-13-33)27(30)31/h2,4,6-10,21H,3,5,11-16H2,1H3,(H3,30,31)/t21-/m0/s1. The number of nitrogens with zero attached hydrogens (tertiary/aromatic N) is 4. The van der Waals surface area contributed by atoms with Gasteiger partial charge < -0.3 is 20.3 Å². The third-order valence-corrected chi connectivity index (χ3v) is 10.2. The number of hydrogen-bond donors (Lipinski definition) is 2. The average molecular weight is 606 g/mol. The molecule has 2 aliphatic rings. The normalized spacial score (nSPS) is 18.3. The number of pyridine rings is 1. The van der Waals surface area contributed by atoms with Crippen LogP contribution in [0.3, 0.4) is 0 Å². The molecule has 3 aromatic rings. The van der Waals surface area contributed by atoms with Gasteiger partial charge in [-0.25, -0.2) is 13.4 Å². The lowest BCUT2D eigenvalue weighted by Gasteiger charge is -2.37. The number of benzene rings is 2. The number of nitrogens with one attached hydrogen (secondary N) is 1. The molecule has 2 saturated heterocycles. The van der Waals surface area contributed by atoms with Crippen LogP contribution in [0.15, 0.2) is 47.4 Å². The van der Waals surface area contributed by atoms with Crippen LogP contribution < -0.4 is 10.5 Å². The van der Waals surface area contributed by atoms with E-state index in [0.717, 1.165) is 11.1 Å². The summed E-state index contributed by atoms with van der Waals surface area (Å²) in [6.45, 7) is 3.62. The fourth-order valence-electron chi connectivity index (χ4n) is 5.17. The van der Waals surface area contributed by atoms with Crippen LogP contribution in [0.25, 0.3) is 10.9 Å². The molecule has 1 atom stereocenters. The molecule has 3 N–H and O–H groups in total. The number of rotatable bonds is 6. The van der Waals surface area contributed by atoms with Crippen molar-refractivity contribution in [2.24, 2.45) is 5.73 Å². The number of para-hydroxylation sites is 1. The summed E-state index contributed by atoms with van der Waals surface area (Å²) in [7, 11) is -4.13. The zero-order valence-corrected chi connectivity index (χ0v) is 24.3. The number of hydrogen-bond acceptors (Lipinski definition) is 6. The van der Waals surface area contributed by atoms with Gasteiger partial charge in [0.05, 0.1) is 5.02 Å². The highest BCUT2D eigenvalue weighted by atomic mass is 35.5. The van der Waals surface area contributed by atoms with Gasteiger partial charge in [-0.1, -0.05) is 41.4 Å². The van der Waals surface area contributed by atoms with E-state index in [1.807, 2.05) is 31.2 Å². The molecule has 0 unspecified atom stereocenters. The number of carbonyl (C=O) groups is 1. The van der Waals surface area contributed by atoms with E-state index in [2.05, 4.69) is 4.98 Å². The molecule has 0 bridgehead atoms. The Labute approximate surface area is 243 Å². The fourth-order valence-corrected chi connectivity index (χ4v) is 7.69. The number of nitrogens with two attached hydrogens (primary N) is 1. The van der Waals surface area contributed by atoms with Crippen molar-refractivity contribution in [3.05, 3.63) is 63.8 Å². The first-order chi connectivity index (χ1) is 19.1. The second-order valence-corrected chi connectivity index (χ2v) is 12.5. The van der Waals surface area contributed by atoms with E-state index < -0.39 is 16.1 Å². The summed E-state index contributed by atoms with van der Waals surface area (Å²) < 4.78 is 35.0. The van der Waals surface area contributed by atoms with E-state index in [9.17, 15) is 13.2 Å². The molecule has 5 rings (SSSR count). The molecular weight excluding hydrogens is 575 g/mol. The van der Waals surface area contributed by atoms with Crippen molar-refractivity contribution >= 4 is 56.0 Å². The Hall–Kier alpha value is -3.12. The maximum absolute atomic E-state index is 13.9. The van der Waals surface area contributed by atoms with Crippen LogP contribution in [0.4, 0.5) is 0 Å². The van der Waals surface area contributed by atoms with Crippen molar-refractivity contribution < 1.29 is 17.9 Å². The number of fused-ring (bicyclic) bond motifs is 1. The number of carbonyl (C=O) groups excluding carboxylic acids is 1. The highest BCUT2D eigenvalue weighted by Crippen LogP contribution is 2.36. The zero-order valence-electron chi connectivity index (χ0n) is 21.9. The molecular formula is C27H30Cl2N6O4S. The van der Waals surface area contributed by atoms with Crippen molar-refractivity contribution in [2.45, 2.75) is 37.3 Å². The molecule has 0 saturated carbocycles. The number of aryl methyl sites for hydroxylation is 1. The molecule has 0 spiro atoms. The Morgan fingerprint density at radius 1 is 1.07 bits per heavy atom. The van der Waals surface area contributed by atoms with Crippen molar-refractivity contribution in [3.8, 4) is 5.75 Å². The van der Waals surface area contributed by atoms with Crippen LogP contribution in [-0.2, 0) is 21.4 Å². The summed E-state index contributed by atoms with van der Waals surface area (Å²) in [6.07, 6.45) is 0.970. The number of ether oxygens (including phenoxy) is 1. The monoisotopic (exact) mass is 604 g/mol. The summed E-state index contributed by atoms with van der Waals surface area (Å²) in [5, 5.41) is 8.73. The number of sulfonamides is 1. The fraction of sp³-hybridized carbons (Fsp3) is 0.370. The van der Waals surface area contributed by atoms with Crippen molar-refractivity contribution in [3.63, 3.8) is 0 Å². The van der Waals surface area contributed by atoms with Gasteiger partial charge in [0.25, 0.3) is 0 Å². The Morgan fingerprint density at radius 2 is 1.80 bits per heavy atom. The highest BCUT2D eigenvalue weighted by molar-refractivity contribution is 7.89. The molecule has 0 aliphatic carbocycles. The van der Waals surface area contributed by atoms with Crippen LogP contribution in [0.1, 0.15) is 24.1 Å². The smallest absolute Gasteiger partial charge is 0.245 e. The van der Waals surface area contributed by atoms with Gasteiger partial charge in [-0.05, 0) is 44.0 Å². The molecule has 1 amide bonds. The number of piperazine rings is 1. The minimum Gasteiger partial charge on any atom is -0.487 e. The predicted molar refractivity (Wildman–Crippen MR) is 154 cm³/mol. The van der Waals surface area contributed by atoms with Gasteiger partial charge in [-0.3, -0.25) is 10.2 Å². The van der Waals surface area contributed by atoms with E-state index in [-0.39, 0.29) is 40.0 Å². The maximum Gasteiger partial charge on any atom is 0.245 e. The summed E-state index contributed by atoms with van der Waals surface area (Å²) in [4.78, 5) is 21.2. The van der Waals surface area contributed by atoms with Gasteiger partial charge in [0.2, 0.25) is 15.9 Å². The maximum atomic E-state index is 13.9. The van der Waals surface area contributed by atoms with E-state index in [0.29, 0.717) is 55.9 Å².